The fourth-order valence-electron chi connectivity index (χ4n) is 3.18. The maximum Gasteiger partial charge on any atom is 0.252 e. The minimum Gasteiger partial charge on any atom is -0.368 e. The van der Waals surface area contributed by atoms with E-state index in [-0.39, 0.29) is 11.9 Å². The highest BCUT2D eigenvalue weighted by atomic mass is 16.5. The standard InChI is InChI=1S/C19H30N2O2/c1-14(2)13-16-5-7-17(8-6-16)15(3)21-18(22)19(23-4)9-11-20-12-10-19/h5-8,14-15,20H,9-13H2,1-4H3,(H,21,22). The quantitative estimate of drug-likeness (QED) is 0.848. The number of amides is 1. The van der Waals surface area contributed by atoms with Crippen molar-refractivity contribution >= 4 is 5.91 Å². The summed E-state index contributed by atoms with van der Waals surface area (Å²) in [4.78, 5) is 12.7. The Morgan fingerprint density at radius 3 is 2.35 bits per heavy atom. The first-order chi connectivity index (χ1) is 11.0. The second-order valence-electron chi connectivity index (χ2n) is 6.98. The Morgan fingerprint density at radius 1 is 1.22 bits per heavy atom. The number of nitrogens with one attached hydrogen (secondary N) is 2. The van der Waals surface area contributed by atoms with Gasteiger partial charge in [-0.25, -0.2) is 0 Å². The Kier molecular flexibility index (Phi) is 6.19. The summed E-state index contributed by atoms with van der Waals surface area (Å²) in [5.74, 6) is 0.653. The lowest BCUT2D eigenvalue weighted by atomic mass is 9.90. The van der Waals surface area contributed by atoms with E-state index >= 15 is 0 Å². The molecule has 0 aromatic heterocycles. The number of piperidine rings is 1. The van der Waals surface area contributed by atoms with Crippen LogP contribution in [-0.4, -0.2) is 31.7 Å². The fraction of sp³-hybridized carbons (Fsp3) is 0.632. The zero-order chi connectivity index (χ0) is 16.9. The Balaban J connectivity index is 2.00. The molecule has 0 aliphatic carbocycles. The lowest BCUT2D eigenvalue weighted by Gasteiger charge is -2.35. The van der Waals surface area contributed by atoms with E-state index in [2.05, 4.69) is 48.7 Å². The summed E-state index contributed by atoms with van der Waals surface area (Å²) in [6.45, 7) is 8.11. The van der Waals surface area contributed by atoms with Gasteiger partial charge in [-0.05, 0) is 56.3 Å². The summed E-state index contributed by atoms with van der Waals surface area (Å²) in [5, 5.41) is 6.40. The average molecular weight is 318 g/mol. The van der Waals surface area contributed by atoms with Crippen LogP contribution in [0.25, 0.3) is 0 Å². The molecule has 1 aromatic rings. The van der Waals surface area contributed by atoms with Gasteiger partial charge >= 0.3 is 0 Å². The van der Waals surface area contributed by atoms with Crippen molar-refractivity contribution in [2.75, 3.05) is 20.2 Å². The first-order valence-corrected chi connectivity index (χ1v) is 8.62. The van der Waals surface area contributed by atoms with Gasteiger partial charge in [-0.3, -0.25) is 4.79 Å². The highest BCUT2D eigenvalue weighted by Crippen LogP contribution is 2.24. The van der Waals surface area contributed by atoms with E-state index in [4.69, 9.17) is 4.74 Å². The molecule has 1 unspecified atom stereocenters. The maximum absolute atomic E-state index is 12.7. The predicted molar refractivity (Wildman–Crippen MR) is 93.4 cm³/mol. The van der Waals surface area contributed by atoms with Crippen LogP contribution >= 0.6 is 0 Å². The molecule has 128 valence electrons. The number of hydrogen-bond acceptors (Lipinski definition) is 3. The number of methoxy groups -OCH3 is 1. The zero-order valence-electron chi connectivity index (χ0n) is 14.8. The average Bonchev–Trinajstić information content (AvgIpc) is 2.55. The fourth-order valence-corrected chi connectivity index (χ4v) is 3.18. The van der Waals surface area contributed by atoms with Gasteiger partial charge in [0.25, 0.3) is 5.91 Å². The molecule has 1 fully saturated rings. The second kappa shape index (κ2) is 7.93. The minimum atomic E-state index is -0.683. The third-order valence-corrected chi connectivity index (χ3v) is 4.69. The van der Waals surface area contributed by atoms with Gasteiger partial charge in [0.2, 0.25) is 0 Å². The number of hydrogen-bond donors (Lipinski definition) is 2. The smallest absolute Gasteiger partial charge is 0.252 e. The van der Waals surface area contributed by atoms with Gasteiger partial charge in [-0.1, -0.05) is 38.1 Å². The van der Waals surface area contributed by atoms with Gasteiger partial charge in [0, 0.05) is 7.11 Å². The summed E-state index contributed by atoms with van der Waals surface area (Å²) in [5.41, 5.74) is 1.79. The molecule has 1 amide bonds. The van der Waals surface area contributed by atoms with E-state index in [1.807, 2.05) is 6.92 Å². The van der Waals surface area contributed by atoms with Crippen molar-refractivity contribution in [3.8, 4) is 0 Å². The van der Waals surface area contributed by atoms with E-state index in [1.165, 1.54) is 5.56 Å². The molecule has 1 atom stereocenters. The third kappa shape index (κ3) is 4.55. The lowest BCUT2D eigenvalue weighted by Crippen LogP contribution is -2.54. The normalized spacial score (nSPS) is 18.7. The first-order valence-electron chi connectivity index (χ1n) is 8.62. The number of rotatable bonds is 6. The molecule has 23 heavy (non-hydrogen) atoms. The summed E-state index contributed by atoms with van der Waals surface area (Å²) < 4.78 is 5.59. The van der Waals surface area contributed by atoms with Crippen LogP contribution in [0.3, 0.4) is 0 Å². The van der Waals surface area contributed by atoms with E-state index < -0.39 is 5.60 Å². The van der Waals surface area contributed by atoms with E-state index in [1.54, 1.807) is 7.11 Å². The van der Waals surface area contributed by atoms with Crippen molar-refractivity contribution in [1.82, 2.24) is 10.6 Å². The Bertz CT molecular complexity index is 505. The molecular formula is C19H30N2O2. The second-order valence-corrected chi connectivity index (χ2v) is 6.98. The first kappa shape index (κ1) is 18.0. The van der Waals surface area contributed by atoms with Crippen LogP contribution in [-0.2, 0) is 16.0 Å². The number of carbonyl (C=O) groups excluding carboxylic acids is 1. The highest BCUT2D eigenvalue weighted by molar-refractivity contribution is 5.85. The number of carbonyl (C=O) groups is 1. The van der Waals surface area contributed by atoms with Gasteiger partial charge in [0.15, 0.2) is 0 Å². The van der Waals surface area contributed by atoms with Gasteiger partial charge < -0.3 is 15.4 Å². The summed E-state index contributed by atoms with van der Waals surface area (Å²) in [7, 11) is 1.64. The molecule has 1 aliphatic heterocycles. The van der Waals surface area contributed by atoms with E-state index in [0.717, 1.165) is 37.9 Å². The van der Waals surface area contributed by atoms with Crippen molar-refractivity contribution in [2.45, 2.75) is 51.7 Å². The van der Waals surface area contributed by atoms with Crippen molar-refractivity contribution in [3.05, 3.63) is 35.4 Å². The molecule has 1 aliphatic rings. The van der Waals surface area contributed by atoms with Crippen LogP contribution in [0.1, 0.15) is 50.8 Å². The van der Waals surface area contributed by atoms with Crippen molar-refractivity contribution in [2.24, 2.45) is 5.92 Å². The number of ether oxygens (including phenoxy) is 1. The predicted octanol–water partition coefficient (Wildman–Crippen LogP) is 2.83. The molecule has 0 bridgehead atoms. The van der Waals surface area contributed by atoms with Crippen molar-refractivity contribution in [3.63, 3.8) is 0 Å². The maximum atomic E-state index is 12.7. The molecule has 1 aromatic carbocycles. The van der Waals surface area contributed by atoms with Crippen LogP contribution in [0.4, 0.5) is 0 Å². The molecule has 4 nitrogen and oxygen atoms in total. The third-order valence-electron chi connectivity index (χ3n) is 4.69. The molecular weight excluding hydrogens is 288 g/mol. The molecule has 4 heteroatoms. The lowest BCUT2D eigenvalue weighted by molar-refractivity contribution is -0.147. The molecule has 0 radical (unpaired) electrons. The van der Waals surface area contributed by atoms with Gasteiger partial charge in [-0.2, -0.15) is 0 Å². The SMILES string of the molecule is COC1(C(=O)NC(C)c2ccc(CC(C)C)cc2)CCNCC1. The molecule has 1 heterocycles. The molecule has 2 N–H and O–H groups in total. The summed E-state index contributed by atoms with van der Waals surface area (Å²) in [6.07, 6.45) is 2.52. The zero-order valence-corrected chi connectivity index (χ0v) is 14.8. The number of benzene rings is 1. The topological polar surface area (TPSA) is 50.4 Å². The highest BCUT2D eigenvalue weighted by Gasteiger charge is 2.40. The summed E-state index contributed by atoms with van der Waals surface area (Å²) in [6, 6.07) is 8.54. The Morgan fingerprint density at radius 2 is 1.83 bits per heavy atom. The van der Waals surface area contributed by atoms with E-state index in [0.29, 0.717) is 5.92 Å². The largest absolute Gasteiger partial charge is 0.368 e. The van der Waals surface area contributed by atoms with E-state index in [9.17, 15) is 4.79 Å². The van der Waals surface area contributed by atoms with Crippen molar-refractivity contribution in [1.29, 1.82) is 0 Å². The molecule has 0 spiro atoms. The monoisotopic (exact) mass is 318 g/mol. The molecule has 2 rings (SSSR count). The molecule has 1 saturated heterocycles. The summed E-state index contributed by atoms with van der Waals surface area (Å²) >= 11 is 0. The van der Waals surface area contributed by atoms with Gasteiger partial charge in [-0.15, -0.1) is 0 Å². The minimum absolute atomic E-state index is 0.000238. The van der Waals surface area contributed by atoms with Crippen LogP contribution in [0.5, 0.6) is 0 Å². The Labute approximate surface area is 140 Å². The van der Waals surface area contributed by atoms with Gasteiger partial charge in [0.1, 0.15) is 5.60 Å². The van der Waals surface area contributed by atoms with Crippen LogP contribution in [0.2, 0.25) is 0 Å². The van der Waals surface area contributed by atoms with Crippen LogP contribution in [0, 0.1) is 5.92 Å². The van der Waals surface area contributed by atoms with Crippen LogP contribution < -0.4 is 10.6 Å². The van der Waals surface area contributed by atoms with Crippen molar-refractivity contribution < 1.29 is 9.53 Å². The van der Waals surface area contributed by atoms with Gasteiger partial charge in [0.05, 0.1) is 6.04 Å². The molecule has 0 saturated carbocycles. The Hall–Kier alpha value is -1.39. The van der Waals surface area contributed by atoms with Crippen LogP contribution in [0.15, 0.2) is 24.3 Å².